The largest absolute Gasteiger partial charge is 0.319 e. The number of aldehydes is 1. The van der Waals surface area contributed by atoms with Crippen LogP contribution in [0, 0.1) is 5.92 Å². The van der Waals surface area contributed by atoms with E-state index in [2.05, 4.69) is 10.6 Å². The predicted octanol–water partition coefficient (Wildman–Crippen LogP) is -0.227. The zero-order valence-electron chi connectivity index (χ0n) is 6.97. The molecule has 1 aliphatic heterocycles. The molecule has 1 saturated heterocycles. The molecule has 1 aliphatic rings. The van der Waals surface area contributed by atoms with Crippen LogP contribution in [-0.2, 0) is 4.79 Å². The first kappa shape index (κ1) is 8.68. The molecule has 1 rings (SSSR count). The lowest BCUT2D eigenvalue weighted by atomic mass is 9.93. The van der Waals surface area contributed by atoms with Crippen LogP contribution in [0.2, 0.25) is 0 Å². The molecule has 0 aromatic rings. The highest BCUT2D eigenvalue weighted by atomic mass is 16.1. The van der Waals surface area contributed by atoms with Crippen molar-refractivity contribution in [2.24, 2.45) is 5.92 Å². The average Bonchev–Trinajstić information content (AvgIpc) is 2.06. The maximum Gasteiger partial charge on any atom is 0.136 e. The second-order valence-electron chi connectivity index (χ2n) is 3.14. The number of rotatable bonds is 3. The van der Waals surface area contributed by atoms with E-state index in [4.69, 9.17) is 0 Å². The Labute approximate surface area is 67.5 Å². The van der Waals surface area contributed by atoms with Crippen molar-refractivity contribution >= 4 is 6.29 Å². The SMILES string of the molecule is CNC[C@H]1CCN[C@@H](C=O)C1. The van der Waals surface area contributed by atoms with E-state index in [1.807, 2.05) is 7.05 Å². The van der Waals surface area contributed by atoms with Crippen LogP contribution < -0.4 is 10.6 Å². The summed E-state index contributed by atoms with van der Waals surface area (Å²) in [5, 5.41) is 6.30. The second kappa shape index (κ2) is 4.46. The Morgan fingerprint density at radius 1 is 1.73 bits per heavy atom. The molecule has 0 unspecified atom stereocenters. The van der Waals surface area contributed by atoms with Gasteiger partial charge in [-0.05, 0) is 38.9 Å². The number of nitrogens with one attached hydrogen (secondary N) is 2. The van der Waals surface area contributed by atoms with Gasteiger partial charge in [-0.3, -0.25) is 0 Å². The van der Waals surface area contributed by atoms with Gasteiger partial charge in [0.15, 0.2) is 0 Å². The summed E-state index contributed by atoms with van der Waals surface area (Å²) in [5.41, 5.74) is 0. The quantitative estimate of drug-likeness (QED) is 0.555. The molecular formula is C8H16N2O. The van der Waals surface area contributed by atoms with E-state index in [-0.39, 0.29) is 6.04 Å². The molecule has 1 heterocycles. The smallest absolute Gasteiger partial charge is 0.136 e. The monoisotopic (exact) mass is 156 g/mol. The summed E-state index contributed by atoms with van der Waals surface area (Å²) in [6, 6.07) is 0.0992. The third-order valence-electron chi connectivity index (χ3n) is 2.20. The molecule has 11 heavy (non-hydrogen) atoms. The van der Waals surface area contributed by atoms with E-state index in [0.29, 0.717) is 5.92 Å². The molecule has 0 amide bonds. The number of piperidine rings is 1. The zero-order valence-corrected chi connectivity index (χ0v) is 6.97. The lowest BCUT2D eigenvalue weighted by molar-refractivity contribution is -0.110. The fourth-order valence-corrected chi connectivity index (χ4v) is 1.61. The van der Waals surface area contributed by atoms with Crippen molar-refractivity contribution < 1.29 is 4.79 Å². The van der Waals surface area contributed by atoms with Gasteiger partial charge in [0.2, 0.25) is 0 Å². The molecule has 2 atom stereocenters. The summed E-state index contributed by atoms with van der Waals surface area (Å²) in [7, 11) is 1.96. The summed E-state index contributed by atoms with van der Waals surface area (Å²) in [6.45, 7) is 2.02. The van der Waals surface area contributed by atoms with Crippen LogP contribution in [0.4, 0.5) is 0 Å². The first-order valence-corrected chi connectivity index (χ1v) is 4.20. The molecule has 1 fully saturated rings. The van der Waals surface area contributed by atoms with Crippen LogP contribution in [0.25, 0.3) is 0 Å². The second-order valence-corrected chi connectivity index (χ2v) is 3.14. The van der Waals surface area contributed by atoms with Crippen LogP contribution >= 0.6 is 0 Å². The number of carbonyl (C=O) groups is 1. The van der Waals surface area contributed by atoms with E-state index in [1.165, 1.54) is 6.42 Å². The predicted molar refractivity (Wildman–Crippen MR) is 44.5 cm³/mol. The molecule has 3 heteroatoms. The van der Waals surface area contributed by atoms with Gasteiger partial charge in [-0.2, -0.15) is 0 Å². The lowest BCUT2D eigenvalue weighted by Crippen LogP contribution is -2.41. The van der Waals surface area contributed by atoms with Gasteiger partial charge in [0.25, 0.3) is 0 Å². The number of carbonyl (C=O) groups excluding carboxylic acids is 1. The van der Waals surface area contributed by atoms with Crippen molar-refractivity contribution in [1.29, 1.82) is 0 Å². The fourth-order valence-electron chi connectivity index (χ4n) is 1.61. The van der Waals surface area contributed by atoms with Crippen molar-refractivity contribution in [3.05, 3.63) is 0 Å². The molecule has 0 aromatic heterocycles. The maximum atomic E-state index is 10.4. The highest BCUT2D eigenvalue weighted by Gasteiger charge is 2.19. The van der Waals surface area contributed by atoms with Crippen LogP contribution in [0.15, 0.2) is 0 Å². The zero-order chi connectivity index (χ0) is 8.10. The third-order valence-corrected chi connectivity index (χ3v) is 2.20. The van der Waals surface area contributed by atoms with Gasteiger partial charge < -0.3 is 15.4 Å². The normalized spacial score (nSPS) is 31.7. The molecule has 0 saturated carbocycles. The van der Waals surface area contributed by atoms with Crippen molar-refractivity contribution in [1.82, 2.24) is 10.6 Å². The van der Waals surface area contributed by atoms with Crippen LogP contribution in [0.3, 0.4) is 0 Å². The Morgan fingerprint density at radius 2 is 2.55 bits per heavy atom. The summed E-state index contributed by atoms with van der Waals surface area (Å²) in [6.07, 6.45) is 3.19. The van der Waals surface area contributed by atoms with Crippen LogP contribution in [0.1, 0.15) is 12.8 Å². The van der Waals surface area contributed by atoms with Gasteiger partial charge in [0, 0.05) is 0 Å². The van der Waals surface area contributed by atoms with Gasteiger partial charge in [-0.15, -0.1) is 0 Å². The molecule has 0 aromatic carbocycles. The lowest BCUT2D eigenvalue weighted by Gasteiger charge is -2.26. The minimum Gasteiger partial charge on any atom is -0.319 e. The van der Waals surface area contributed by atoms with E-state index in [1.54, 1.807) is 0 Å². The highest BCUT2D eigenvalue weighted by Crippen LogP contribution is 2.13. The van der Waals surface area contributed by atoms with Crippen LogP contribution in [0.5, 0.6) is 0 Å². The fraction of sp³-hybridized carbons (Fsp3) is 0.875. The van der Waals surface area contributed by atoms with Gasteiger partial charge in [0.05, 0.1) is 6.04 Å². The molecule has 0 radical (unpaired) electrons. The van der Waals surface area contributed by atoms with Gasteiger partial charge >= 0.3 is 0 Å². The van der Waals surface area contributed by atoms with Crippen molar-refractivity contribution in [2.75, 3.05) is 20.1 Å². The Balaban J connectivity index is 2.27. The average molecular weight is 156 g/mol. The van der Waals surface area contributed by atoms with E-state index >= 15 is 0 Å². The summed E-state index contributed by atoms with van der Waals surface area (Å²) >= 11 is 0. The molecule has 64 valence electrons. The van der Waals surface area contributed by atoms with Crippen molar-refractivity contribution in [3.8, 4) is 0 Å². The van der Waals surface area contributed by atoms with Crippen LogP contribution in [-0.4, -0.2) is 32.5 Å². The molecule has 0 aliphatic carbocycles. The molecule has 2 N–H and O–H groups in total. The molecule has 0 spiro atoms. The molecule has 0 bridgehead atoms. The topological polar surface area (TPSA) is 41.1 Å². The molecule has 3 nitrogen and oxygen atoms in total. The third kappa shape index (κ3) is 2.60. The summed E-state index contributed by atoms with van der Waals surface area (Å²) in [4.78, 5) is 10.4. The Kier molecular flexibility index (Phi) is 3.52. The summed E-state index contributed by atoms with van der Waals surface area (Å²) in [5.74, 6) is 0.677. The van der Waals surface area contributed by atoms with Gasteiger partial charge in [-0.1, -0.05) is 0 Å². The summed E-state index contributed by atoms with van der Waals surface area (Å²) < 4.78 is 0. The van der Waals surface area contributed by atoms with E-state index < -0.39 is 0 Å². The minimum absolute atomic E-state index is 0.0992. The first-order valence-electron chi connectivity index (χ1n) is 4.20. The van der Waals surface area contributed by atoms with Crippen molar-refractivity contribution in [3.63, 3.8) is 0 Å². The minimum atomic E-state index is 0.0992. The number of hydrogen-bond donors (Lipinski definition) is 2. The van der Waals surface area contributed by atoms with E-state index in [0.717, 1.165) is 25.8 Å². The standard InChI is InChI=1S/C8H16N2O/c1-9-5-7-2-3-10-8(4-7)6-11/h6-10H,2-5H2,1H3/t7-,8+/m0/s1. The molecular weight excluding hydrogens is 140 g/mol. The number of hydrogen-bond acceptors (Lipinski definition) is 3. The Bertz CT molecular complexity index is 125. The maximum absolute atomic E-state index is 10.4. The highest BCUT2D eigenvalue weighted by molar-refractivity contribution is 5.57. The Morgan fingerprint density at radius 3 is 3.18 bits per heavy atom. The Hall–Kier alpha value is -0.410. The van der Waals surface area contributed by atoms with Gasteiger partial charge in [0.1, 0.15) is 6.29 Å². The van der Waals surface area contributed by atoms with Crippen molar-refractivity contribution in [2.45, 2.75) is 18.9 Å². The first-order chi connectivity index (χ1) is 5.36. The van der Waals surface area contributed by atoms with Gasteiger partial charge in [-0.25, -0.2) is 0 Å². The van der Waals surface area contributed by atoms with E-state index in [9.17, 15) is 4.79 Å².